The van der Waals surface area contributed by atoms with E-state index < -0.39 is 0 Å². The second-order valence-electron chi connectivity index (χ2n) is 4.50. The van der Waals surface area contributed by atoms with Crippen LogP contribution in [-0.4, -0.2) is 108 Å². The molecule has 0 saturated heterocycles. The number of hydrogen-bond donors (Lipinski definition) is 0. The van der Waals surface area contributed by atoms with E-state index in [1.54, 1.807) is 0 Å². The summed E-state index contributed by atoms with van der Waals surface area (Å²) in [7, 11) is 0.361. The van der Waals surface area contributed by atoms with Crippen molar-refractivity contribution < 1.29 is 0 Å². The Balaban J connectivity index is -0.0000000270. The molecule has 0 aromatic heterocycles. The van der Waals surface area contributed by atoms with Gasteiger partial charge in [-0.15, -0.1) is 0 Å². The molecule has 0 aliphatic rings. The molecule has 0 nitrogen and oxygen atoms in total. The molecule has 0 spiro atoms. The average Bonchev–Trinajstić information content (AvgIpc) is 1.54. The van der Waals surface area contributed by atoms with E-state index in [1.165, 1.54) is 0 Å². The maximum Gasteiger partial charge on any atom is 0.0379 e. The fourth-order valence-electron chi connectivity index (χ4n) is 0. The van der Waals surface area contributed by atoms with Gasteiger partial charge in [0.05, 0.1) is 0 Å². The summed E-state index contributed by atoms with van der Waals surface area (Å²) < 4.78 is 0. The van der Waals surface area contributed by atoms with Crippen molar-refractivity contribution in [3.8, 4) is 0 Å². The summed E-state index contributed by atoms with van der Waals surface area (Å²) >= 11 is 0. The van der Waals surface area contributed by atoms with Crippen molar-refractivity contribution >= 4 is 108 Å². The van der Waals surface area contributed by atoms with Gasteiger partial charge >= 0.3 is 0 Å². The molecule has 0 atom stereocenters. The molecule has 0 saturated carbocycles. The molecule has 0 N–H and O–H groups in total. The third-order valence-corrected chi connectivity index (χ3v) is 0. The molecular formula is C9H27RbSi3Sn. The molecule has 0 fully saturated rings. The largest absolute Gasteiger partial charge is 0.0715 e. The van der Waals surface area contributed by atoms with Crippen LogP contribution in [0.5, 0.6) is 0 Å². The minimum atomic E-state index is 0. The van der Waals surface area contributed by atoms with E-state index in [4.69, 9.17) is 0 Å². The Kier molecular flexibility index (Phi) is 54.6. The quantitative estimate of drug-likeness (QED) is 0.524. The van der Waals surface area contributed by atoms with Gasteiger partial charge in [-0.3, -0.25) is 0 Å². The van der Waals surface area contributed by atoms with Crippen molar-refractivity contribution in [2.45, 2.75) is 58.9 Å². The van der Waals surface area contributed by atoms with Crippen LogP contribution in [0, 0.1) is 0 Å². The van der Waals surface area contributed by atoms with Crippen molar-refractivity contribution in [1.82, 2.24) is 0 Å². The molecule has 0 aliphatic carbocycles. The summed E-state index contributed by atoms with van der Waals surface area (Å²) in [6.45, 7) is 20.4. The summed E-state index contributed by atoms with van der Waals surface area (Å²) in [6, 6.07) is 0. The second-order valence-corrected chi connectivity index (χ2v) is 13.5. The fraction of sp³-hybridized carbons (Fsp3) is 1.00. The van der Waals surface area contributed by atoms with Gasteiger partial charge in [-0.2, -0.15) is 0 Å². The van der Waals surface area contributed by atoms with Gasteiger partial charge in [0, 0.05) is 108 Å². The number of hydrogen-bond acceptors (Lipinski definition) is 0. The Labute approximate surface area is 164 Å². The number of rotatable bonds is 0. The summed E-state index contributed by atoms with van der Waals surface area (Å²) in [5.41, 5.74) is 0. The van der Waals surface area contributed by atoms with Crippen LogP contribution in [0.25, 0.3) is 0 Å². The second kappa shape index (κ2) is 25.2. The van der Waals surface area contributed by atoms with E-state index in [0.717, 1.165) is 0 Å². The van der Waals surface area contributed by atoms with Crippen LogP contribution in [0.15, 0.2) is 0 Å². The van der Waals surface area contributed by atoms with Gasteiger partial charge in [0.2, 0.25) is 0 Å². The van der Waals surface area contributed by atoms with E-state index in [9.17, 15) is 0 Å². The molecule has 0 aromatic rings. The molecule has 0 amide bonds. The van der Waals surface area contributed by atoms with Crippen LogP contribution in [0.4, 0.5) is 0 Å². The topological polar surface area (TPSA) is 0 Å². The van der Waals surface area contributed by atoms with Crippen LogP contribution in [-0.2, 0) is 0 Å². The first-order valence-corrected chi connectivity index (χ1v) is 13.5. The van der Waals surface area contributed by atoms with Crippen LogP contribution >= 0.6 is 0 Å². The predicted molar refractivity (Wildman–Crippen MR) is 81.5 cm³/mol. The third kappa shape index (κ3) is 293. The Morgan fingerprint density at radius 1 is 0.429 bits per heavy atom. The van der Waals surface area contributed by atoms with Gasteiger partial charge in [0.1, 0.15) is 0 Å². The summed E-state index contributed by atoms with van der Waals surface area (Å²) in [6.07, 6.45) is 0. The molecular weight excluding hydrogens is 397 g/mol. The zero-order valence-electron chi connectivity index (χ0n) is 12.0. The minimum absolute atomic E-state index is 0. The summed E-state index contributed by atoms with van der Waals surface area (Å²) in [5.74, 6) is 0. The first-order valence-electron chi connectivity index (χ1n) is 4.50. The molecule has 0 unspecified atom stereocenters. The smallest absolute Gasteiger partial charge is 0.0379 e. The maximum atomic E-state index is 2.27. The Morgan fingerprint density at radius 3 is 0.429 bits per heavy atom. The van der Waals surface area contributed by atoms with Crippen LogP contribution in [0.3, 0.4) is 0 Å². The van der Waals surface area contributed by atoms with Gasteiger partial charge in [-0.25, -0.2) is 0 Å². The molecule has 0 aromatic carbocycles. The normalized spacial score (nSPS) is 7.71. The van der Waals surface area contributed by atoms with Gasteiger partial charge in [-0.05, 0) is 0 Å². The summed E-state index contributed by atoms with van der Waals surface area (Å²) in [4.78, 5) is 0. The van der Waals surface area contributed by atoms with Crippen molar-refractivity contribution in [1.29, 1.82) is 0 Å². The fourth-order valence-corrected chi connectivity index (χ4v) is 0. The van der Waals surface area contributed by atoms with Crippen molar-refractivity contribution in [2.24, 2.45) is 0 Å². The first kappa shape index (κ1) is 30.4. The Bertz CT molecular complexity index is 48.5. The van der Waals surface area contributed by atoms with Gasteiger partial charge in [-0.1, -0.05) is 58.9 Å². The Hall–Kier alpha value is 3.25. The molecule has 5 heteroatoms. The zero-order chi connectivity index (χ0) is 10.7. The van der Waals surface area contributed by atoms with Crippen molar-refractivity contribution in [3.05, 3.63) is 0 Å². The third-order valence-electron chi connectivity index (χ3n) is 0. The van der Waals surface area contributed by atoms with E-state index in [2.05, 4.69) is 58.9 Å². The molecule has 80 valence electrons. The predicted octanol–water partition coefficient (Wildman–Crippen LogP) is 3.35. The average molecular weight is 424 g/mol. The van der Waals surface area contributed by atoms with Gasteiger partial charge in [0.15, 0.2) is 0 Å². The van der Waals surface area contributed by atoms with Gasteiger partial charge < -0.3 is 0 Å². The SMILES string of the molecule is C[Si](C)C.C[Si](C)C.C[Si](C)C.[Rb].[Sn]. The molecule has 0 aliphatic heterocycles. The summed E-state index contributed by atoms with van der Waals surface area (Å²) in [5, 5.41) is 0. The van der Waals surface area contributed by atoms with Crippen LogP contribution in [0.1, 0.15) is 0 Å². The molecule has 0 bridgehead atoms. The van der Waals surface area contributed by atoms with Crippen molar-refractivity contribution in [2.75, 3.05) is 0 Å². The monoisotopic (exact) mass is 424 g/mol. The molecule has 14 heavy (non-hydrogen) atoms. The molecule has 0 rings (SSSR count). The van der Waals surface area contributed by atoms with Crippen molar-refractivity contribution in [3.63, 3.8) is 0 Å². The maximum absolute atomic E-state index is 2.27. The van der Waals surface area contributed by atoms with E-state index in [1.807, 2.05) is 0 Å². The van der Waals surface area contributed by atoms with E-state index >= 15 is 0 Å². The van der Waals surface area contributed by atoms with Gasteiger partial charge in [0.25, 0.3) is 0 Å². The van der Waals surface area contributed by atoms with E-state index in [0.29, 0.717) is 0 Å². The Morgan fingerprint density at radius 2 is 0.429 bits per heavy atom. The molecule has 0 heterocycles. The zero-order valence-corrected chi connectivity index (χ0v) is 22.8. The van der Waals surface area contributed by atoms with E-state index in [-0.39, 0.29) is 108 Å². The first-order chi connectivity index (χ1) is 5.20. The standard InChI is InChI=1S/3C3H9Si.Rb.Sn/c3*1-4(2)3;;/h3*1-3H3;;. The minimum Gasteiger partial charge on any atom is -0.0715 e. The van der Waals surface area contributed by atoms with Crippen LogP contribution in [0.2, 0.25) is 58.9 Å². The van der Waals surface area contributed by atoms with Crippen LogP contribution < -0.4 is 0 Å². The molecule has 8 radical (unpaired) electrons.